The summed E-state index contributed by atoms with van der Waals surface area (Å²) in [5.74, 6) is 1.62. The van der Waals surface area contributed by atoms with Crippen LogP contribution in [0.2, 0.25) is 0 Å². The van der Waals surface area contributed by atoms with Crippen molar-refractivity contribution in [2.75, 3.05) is 23.8 Å². The Kier molecular flexibility index (Phi) is 3.93. The van der Waals surface area contributed by atoms with Crippen molar-refractivity contribution < 1.29 is 5.11 Å². The zero-order chi connectivity index (χ0) is 11.2. The summed E-state index contributed by atoms with van der Waals surface area (Å²) in [7, 11) is 0. The van der Waals surface area contributed by atoms with Crippen LogP contribution in [0, 0.1) is 0 Å². The second-order valence-corrected chi connectivity index (χ2v) is 4.06. The van der Waals surface area contributed by atoms with E-state index in [1.165, 1.54) is 32.0 Å². The van der Waals surface area contributed by atoms with E-state index in [0.717, 1.165) is 11.6 Å². The summed E-state index contributed by atoms with van der Waals surface area (Å²) < 4.78 is 0. The summed E-state index contributed by atoms with van der Waals surface area (Å²) in [5, 5.41) is 15.1. The molecular weight excluding hydrogens is 204 g/mol. The van der Waals surface area contributed by atoms with Crippen molar-refractivity contribution >= 4 is 11.6 Å². The highest BCUT2D eigenvalue weighted by Crippen LogP contribution is 2.21. The number of hydrogen-bond donors (Lipinski definition) is 3. The zero-order valence-corrected chi connectivity index (χ0v) is 9.32. The van der Waals surface area contributed by atoms with Crippen LogP contribution in [0.3, 0.4) is 0 Å². The van der Waals surface area contributed by atoms with Crippen molar-refractivity contribution in [3.63, 3.8) is 0 Å². The maximum absolute atomic E-state index is 8.71. The molecule has 0 aliphatic heterocycles. The molecule has 5 heteroatoms. The van der Waals surface area contributed by atoms with Crippen molar-refractivity contribution in [1.82, 2.24) is 9.97 Å². The number of aromatic nitrogens is 2. The molecule has 1 saturated carbocycles. The molecule has 88 valence electrons. The minimum atomic E-state index is 0.107. The van der Waals surface area contributed by atoms with Gasteiger partial charge in [-0.1, -0.05) is 12.8 Å². The number of nitrogens with zero attached hydrogens (tertiary/aromatic N) is 2. The Hall–Kier alpha value is -1.36. The molecule has 2 rings (SSSR count). The molecule has 0 atom stereocenters. The fourth-order valence-electron chi connectivity index (χ4n) is 2.00. The molecule has 0 unspecified atom stereocenters. The van der Waals surface area contributed by atoms with E-state index in [1.54, 1.807) is 0 Å². The van der Waals surface area contributed by atoms with Gasteiger partial charge in [-0.25, -0.2) is 9.97 Å². The van der Waals surface area contributed by atoms with E-state index in [9.17, 15) is 0 Å². The van der Waals surface area contributed by atoms with Gasteiger partial charge in [-0.05, 0) is 12.8 Å². The molecule has 5 nitrogen and oxygen atoms in total. The molecule has 0 amide bonds. The quantitative estimate of drug-likeness (QED) is 0.699. The summed E-state index contributed by atoms with van der Waals surface area (Å²) in [6, 6.07) is 2.44. The molecule has 1 aromatic rings. The van der Waals surface area contributed by atoms with Crippen molar-refractivity contribution in [1.29, 1.82) is 0 Å². The van der Waals surface area contributed by atoms with Crippen molar-refractivity contribution in [3.8, 4) is 0 Å². The Morgan fingerprint density at radius 3 is 2.75 bits per heavy atom. The highest BCUT2D eigenvalue weighted by Gasteiger charge is 2.14. The molecule has 1 heterocycles. The number of anilines is 2. The topological polar surface area (TPSA) is 70.1 Å². The summed E-state index contributed by atoms with van der Waals surface area (Å²) in [6.45, 7) is 0.620. The van der Waals surface area contributed by atoms with Crippen molar-refractivity contribution in [2.24, 2.45) is 0 Å². The third-order valence-electron chi connectivity index (χ3n) is 2.79. The smallest absolute Gasteiger partial charge is 0.131 e. The third kappa shape index (κ3) is 3.06. The van der Waals surface area contributed by atoms with Crippen LogP contribution in [0.1, 0.15) is 25.7 Å². The van der Waals surface area contributed by atoms with Gasteiger partial charge < -0.3 is 15.7 Å². The Morgan fingerprint density at radius 2 is 2.00 bits per heavy atom. The first-order valence-corrected chi connectivity index (χ1v) is 5.82. The Balaban J connectivity index is 1.92. The van der Waals surface area contributed by atoms with Gasteiger partial charge in [0.15, 0.2) is 0 Å². The maximum Gasteiger partial charge on any atom is 0.131 e. The maximum atomic E-state index is 8.71. The lowest BCUT2D eigenvalue weighted by Gasteiger charge is -2.13. The first-order valence-electron chi connectivity index (χ1n) is 5.82. The molecule has 0 aromatic carbocycles. The van der Waals surface area contributed by atoms with E-state index in [2.05, 4.69) is 20.6 Å². The summed E-state index contributed by atoms with van der Waals surface area (Å²) in [4.78, 5) is 8.26. The molecule has 1 fully saturated rings. The first kappa shape index (κ1) is 11.1. The second-order valence-electron chi connectivity index (χ2n) is 4.06. The van der Waals surface area contributed by atoms with Crippen LogP contribution in [0.15, 0.2) is 12.4 Å². The lowest BCUT2D eigenvalue weighted by atomic mass is 10.2. The van der Waals surface area contributed by atoms with Gasteiger partial charge in [0.05, 0.1) is 6.61 Å². The van der Waals surface area contributed by atoms with Gasteiger partial charge in [0.1, 0.15) is 18.0 Å². The van der Waals surface area contributed by atoms with E-state index < -0.39 is 0 Å². The van der Waals surface area contributed by atoms with E-state index in [4.69, 9.17) is 5.11 Å². The highest BCUT2D eigenvalue weighted by molar-refractivity contribution is 5.46. The van der Waals surface area contributed by atoms with Crippen LogP contribution in [0.4, 0.5) is 11.6 Å². The standard InChI is InChI=1S/C11H18N4O/c16-6-5-12-10-7-11(14-8-13-10)15-9-3-1-2-4-9/h7-9,16H,1-6H2,(H2,12,13,14,15). The van der Waals surface area contributed by atoms with Crippen LogP contribution in [-0.4, -0.2) is 34.3 Å². The van der Waals surface area contributed by atoms with Crippen LogP contribution < -0.4 is 10.6 Å². The Labute approximate surface area is 95.3 Å². The van der Waals surface area contributed by atoms with Crippen LogP contribution >= 0.6 is 0 Å². The number of rotatable bonds is 5. The minimum absolute atomic E-state index is 0.107. The SMILES string of the molecule is OCCNc1cc(NC2CCCC2)ncn1. The molecule has 1 aliphatic rings. The molecule has 0 bridgehead atoms. The van der Waals surface area contributed by atoms with Crippen molar-refractivity contribution in [2.45, 2.75) is 31.7 Å². The number of aliphatic hydroxyl groups excluding tert-OH is 1. The second kappa shape index (κ2) is 5.65. The van der Waals surface area contributed by atoms with Gasteiger partial charge in [0, 0.05) is 18.7 Å². The number of aliphatic hydroxyl groups is 1. The van der Waals surface area contributed by atoms with Gasteiger partial charge >= 0.3 is 0 Å². The average molecular weight is 222 g/mol. The lowest BCUT2D eigenvalue weighted by Crippen LogP contribution is -2.16. The van der Waals surface area contributed by atoms with Gasteiger partial charge in [0.25, 0.3) is 0 Å². The van der Waals surface area contributed by atoms with Crippen LogP contribution in [0.25, 0.3) is 0 Å². The summed E-state index contributed by atoms with van der Waals surface area (Å²) >= 11 is 0. The lowest BCUT2D eigenvalue weighted by molar-refractivity contribution is 0.311. The summed E-state index contributed by atoms with van der Waals surface area (Å²) in [5.41, 5.74) is 0. The Morgan fingerprint density at radius 1 is 1.25 bits per heavy atom. The van der Waals surface area contributed by atoms with E-state index in [-0.39, 0.29) is 6.61 Å². The fraction of sp³-hybridized carbons (Fsp3) is 0.636. The third-order valence-corrected chi connectivity index (χ3v) is 2.79. The predicted octanol–water partition coefficient (Wildman–Crippen LogP) is 1.24. The molecule has 0 spiro atoms. The molecule has 3 N–H and O–H groups in total. The van der Waals surface area contributed by atoms with Gasteiger partial charge in [0.2, 0.25) is 0 Å². The Bertz CT molecular complexity index is 326. The van der Waals surface area contributed by atoms with Crippen LogP contribution in [-0.2, 0) is 0 Å². The molecule has 0 radical (unpaired) electrons. The van der Waals surface area contributed by atoms with Crippen molar-refractivity contribution in [3.05, 3.63) is 12.4 Å². The molecule has 1 aliphatic carbocycles. The number of nitrogens with one attached hydrogen (secondary N) is 2. The fourth-order valence-corrected chi connectivity index (χ4v) is 2.00. The number of hydrogen-bond acceptors (Lipinski definition) is 5. The van der Waals surface area contributed by atoms with E-state index in [0.29, 0.717) is 12.6 Å². The average Bonchev–Trinajstić information content (AvgIpc) is 2.80. The molecule has 0 saturated heterocycles. The predicted molar refractivity (Wildman–Crippen MR) is 63.5 cm³/mol. The zero-order valence-electron chi connectivity index (χ0n) is 9.32. The van der Waals surface area contributed by atoms with E-state index in [1.807, 2.05) is 6.07 Å². The first-order chi connectivity index (χ1) is 7.88. The highest BCUT2D eigenvalue weighted by atomic mass is 16.3. The molecule has 1 aromatic heterocycles. The van der Waals surface area contributed by atoms with Crippen LogP contribution in [0.5, 0.6) is 0 Å². The molecular formula is C11H18N4O. The van der Waals surface area contributed by atoms with Gasteiger partial charge in [-0.2, -0.15) is 0 Å². The van der Waals surface area contributed by atoms with Gasteiger partial charge in [-0.15, -0.1) is 0 Å². The van der Waals surface area contributed by atoms with Gasteiger partial charge in [-0.3, -0.25) is 0 Å². The monoisotopic (exact) mass is 222 g/mol. The summed E-state index contributed by atoms with van der Waals surface area (Å²) in [6.07, 6.45) is 6.60. The van der Waals surface area contributed by atoms with E-state index >= 15 is 0 Å². The minimum Gasteiger partial charge on any atom is -0.395 e. The normalized spacial score (nSPS) is 16.3. The molecule has 16 heavy (non-hydrogen) atoms. The largest absolute Gasteiger partial charge is 0.395 e.